The average Bonchev–Trinajstić information content (AvgIpc) is 2.60. The minimum absolute atomic E-state index is 0.00261. The van der Waals surface area contributed by atoms with Gasteiger partial charge in [-0.2, -0.15) is 0 Å². The molecule has 1 heterocycles. The lowest BCUT2D eigenvalue weighted by molar-refractivity contribution is 0.114. The highest BCUT2D eigenvalue weighted by atomic mass is 31.2. The molecule has 0 spiro atoms. The van der Waals surface area contributed by atoms with E-state index in [-0.39, 0.29) is 18.4 Å². The standard InChI is InChI=1S/C21H33O5P/c1-3-4-5-6-7-8-9-13-21(2)14-12-18-17-19(10-11-20(18)26-21)25-15-16-27(22,23)24/h9-11,13,17H,3-8,12,14-16H2,1-2H3,(H2,22,23,24). The highest BCUT2D eigenvalue weighted by molar-refractivity contribution is 7.51. The first-order valence-corrected chi connectivity index (χ1v) is 11.8. The summed E-state index contributed by atoms with van der Waals surface area (Å²) in [7, 11) is -4.02. The molecule has 0 radical (unpaired) electrons. The highest BCUT2D eigenvalue weighted by Gasteiger charge is 2.29. The SMILES string of the molecule is CCCCCCCC=CC1(C)CCc2cc(OCCP(=O)(O)O)ccc2O1. The molecule has 1 atom stereocenters. The van der Waals surface area contributed by atoms with Crippen LogP contribution in [-0.2, 0) is 11.0 Å². The fraction of sp³-hybridized carbons (Fsp3) is 0.619. The van der Waals surface area contributed by atoms with Crippen molar-refractivity contribution in [1.82, 2.24) is 0 Å². The van der Waals surface area contributed by atoms with Crippen LogP contribution in [0, 0.1) is 0 Å². The summed E-state index contributed by atoms with van der Waals surface area (Å²) in [6, 6.07) is 5.59. The van der Waals surface area contributed by atoms with Gasteiger partial charge in [0.25, 0.3) is 0 Å². The van der Waals surface area contributed by atoms with E-state index in [1.807, 2.05) is 12.1 Å². The number of allylic oxidation sites excluding steroid dienone is 1. The number of benzene rings is 1. The van der Waals surface area contributed by atoms with Gasteiger partial charge in [-0.15, -0.1) is 0 Å². The Bertz CT molecular complexity index is 667. The summed E-state index contributed by atoms with van der Waals surface area (Å²) >= 11 is 0. The molecule has 2 N–H and O–H groups in total. The van der Waals surface area contributed by atoms with Gasteiger partial charge in [0.1, 0.15) is 17.1 Å². The molecule has 0 bridgehead atoms. The summed E-state index contributed by atoms with van der Waals surface area (Å²) < 4.78 is 22.6. The Kier molecular flexibility index (Phi) is 8.40. The number of fused-ring (bicyclic) bond motifs is 1. The van der Waals surface area contributed by atoms with Crippen molar-refractivity contribution >= 4 is 7.60 Å². The monoisotopic (exact) mass is 396 g/mol. The van der Waals surface area contributed by atoms with E-state index in [0.717, 1.165) is 30.6 Å². The lowest BCUT2D eigenvalue weighted by Crippen LogP contribution is -2.34. The van der Waals surface area contributed by atoms with E-state index in [1.165, 1.54) is 32.1 Å². The van der Waals surface area contributed by atoms with Crippen molar-refractivity contribution in [2.24, 2.45) is 0 Å². The maximum Gasteiger partial charge on any atom is 0.328 e. The molecule has 1 aromatic carbocycles. The van der Waals surface area contributed by atoms with Crippen LogP contribution in [0.5, 0.6) is 11.5 Å². The summed E-state index contributed by atoms with van der Waals surface area (Å²) in [5, 5.41) is 0. The first-order chi connectivity index (χ1) is 12.8. The zero-order valence-electron chi connectivity index (χ0n) is 16.5. The smallest absolute Gasteiger partial charge is 0.328 e. The molecule has 0 saturated heterocycles. The van der Waals surface area contributed by atoms with Crippen LogP contribution in [0.4, 0.5) is 0 Å². The number of ether oxygens (including phenoxy) is 2. The van der Waals surface area contributed by atoms with Gasteiger partial charge in [-0.05, 0) is 62.4 Å². The number of unbranched alkanes of at least 4 members (excludes halogenated alkanes) is 5. The van der Waals surface area contributed by atoms with E-state index in [4.69, 9.17) is 19.3 Å². The Morgan fingerprint density at radius 2 is 2.04 bits per heavy atom. The topological polar surface area (TPSA) is 76.0 Å². The third kappa shape index (κ3) is 8.08. The van der Waals surface area contributed by atoms with Gasteiger partial charge in [0.15, 0.2) is 0 Å². The van der Waals surface area contributed by atoms with Crippen LogP contribution < -0.4 is 9.47 Å². The molecule has 1 unspecified atom stereocenters. The molecule has 1 aliphatic rings. The quantitative estimate of drug-likeness (QED) is 0.304. The molecule has 0 aromatic heterocycles. The van der Waals surface area contributed by atoms with Gasteiger partial charge in [0.05, 0.1) is 12.8 Å². The molecule has 1 aromatic rings. The maximum atomic E-state index is 10.9. The number of aryl methyl sites for hydroxylation is 1. The summed E-state index contributed by atoms with van der Waals surface area (Å²) in [5.41, 5.74) is 0.799. The van der Waals surface area contributed by atoms with Crippen LogP contribution in [0.15, 0.2) is 30.4 Å². The van der Waals surface area contributed by atoms with Crippen LogP contribution >= 0.6 is 7.60 Å². The minimum Gasteiger partial charge on any atom is -0.493 e. The van der Waals surface area contributed by atoms with Gasteiger partial charge in [-0.1, -0.05) is 38.7 Å². The lowest BCUT2D eigenvalue weighted by atomic mass is 9.91. The normalized spacial score (nSPS) is 19.7. The zero-order chi connectivity index (χ0) is 19.8. The van der Waals surface area contributed by atoms with E-state index in [2.05, 4.69) is 26.0 Å². The Labute approximate surface area is 162 Å². The summed E-state index contributed by atoms with van der Waals surface area (Å²) in [5.74, 6) is 1.48. The van der Waals surface area contributed by atoms with Gasteiger partial charge in [0, 0.05) is 0 Å². The number of hydrogen-bond donors (Lipinski definition) is 2. The van der Waals surface area contributed by atoms with Crippen LogP contribution in [0.3, 0.4) is 0 Å². The lowest BCUT2D eigenvalue weighted by Gasteiger charge is -2.33. The Hall–Kier alpha value is -1.29. The van der Waals surface area contributed by atoms with Crippen molar-refractivity contribution in [2.75, 3.05) is 12.8 Å². The molecular weight excluding hydrogens is 363 g/mol. The van der Waals surface area contributed by atoms with Crippen molar-refractivity contribution in [1.29, 1.82) is 0 Å². The summed E-state index contributed by atoms with van der Waals surface area (Å²) in [4.78, 5) is 17.8. The van der Waals surface area contributed by atoms with E-state index >= 15 is 0 Å². The van der Waals surface area contributed by atoms with E-state index in [0.29, 0.717) is 5.75 Å². The second-order valence-corrected chi connectivity index (χ2v) is 9.30. The maximum absolute atomic E-state index is 10.9. The fourth-order valence-corrected chi connectivity index (χ4v) is 3.55. The molecule has 27 heavy (non-hydrogen) atoms. The van der Waals surface area contributed by atoms with Gasteiger partial charge in [-0.3, -0.25) is 4.57 Å². The van der Waals surface area contributed by atoms with Crippen molar-refractivity contribution < 1.29 is 23.8 Å². The predicted molar refractivity (Wildman–Crippen MR) is 109 cm³/mol. The third-order valence-electron chi connectivity index (χ3n) is 4.86. The largest absolute Gasteiger partial charge is 0.493 e. The molecule has 2 rings (SSSR count). The van der Waals surface area contributed by atoms with Crippen LogP contribution in [-0.4, -0.2) is 28.2 Å². The van der Waals surface area contributed by atoms with Crippen LogP contribution in [0.1, 0.15) is 64.4 Å². The van der Waals surface area contributed by atoms with E-state index in [1.54, 1.807) is 6.07 Å². The van der Waals surface area contributed by atoms with E-state index in [9.17, 15) is 4.57 Å². The van der Waals surface area contributed by atoms with E-state index < -0.39 is 7.60 Å². The molecule has 1 aliphatic heterocycles. The minimum atomic E-state index is -4.02. The van der Waals surface area contributed by atoms with Crippen molar-refractivity contribution in [3.8, 4) is 11.5 Å². The predicted octanol–water partition coefficient (Wildman–Crippen LogP) is 5.24. The van der Waals surface area contributed by atoms with Crippen LogP contribution in [0.25, 0.3) is 0 Å². The van der Waals surface area contributed by atoms with Crippen LogP contribution in [0.2, 0.25) is 0 Å². The number of rotatable bonds is 11. The van der Waals surface area contributed by atoms with Gasteiger partial charge >= 0.3 is 7.60 Å². The zero-order valence-corrected chi connectivity index (χ0v) is 17.4. The molecule has 6 heteroatoms. The Morgan fingerprint density at radius 1 is 1.26 bits per heavy atom. The Balaban J connectivity index is 1.83. The van der Waals surface area contributed by atoms with Crippen molar-refractivity contribution in [3.05, 3.63) is 35.9 Å². The third-order valence-corrected chi connectivity index (χ3v) is 5.63. The molecule has 0 saturated carbocycles. The molecule has 0 fully saturated rings. The number of hydrogen-bond acceptors (Lipinski definition) is 3. The molecular formula is C21H33O5P. The van der Waals surface area contributed by atoms with Gasteiger partial charge in [-0.25, -0.2) is 0 Å². The van der Waals surface area contributed by atoms with Crippen molar-refractivity contribution in [3.63, 3.8) is 0 Å². The molecule has 0 amide bonds. The molecule has 5 nitrogen and oxygen atoms in total. The van der Waals surface area contributed by atoms with Crippen molar-refractivity contribution in [2.45, 2.75) is 70.8 Å². The second kappa shape index (κ2) is 10.3. The Morgan fingerprint density at radius 3 is 2.78 bits per heavy atom. The average molecular weight is 396 g/mol. The van der Waals surface area contributed by atoms with Gasteiger partial charge < -0.3 is 19.3 Å². The fourth-order valence-electron chi connectivity index (χ4n) is 3.22. The summed E-state index contributed by atoms with van der Waals surface area (Å²) in [6.07, 6.45) is 13.5. The first kappa shape index (κ1) is 22.0. The molecule has 0 aliphatic carbocycles. The summed E-state index contributed by atoms with van der Waals surface area (Å²) in [6.45, 7) is 4.35. The highest BCUT2D eigenvalue weighted by Crippen LogP contribution is 2.37. The molecule has 152 valence electrons. The first-order valence-electron chi connectivity index (χ1n) is 9.98. The second-order valence-electron chi connectivity index (χ2n) is 7.53. The van der Waals surface area contributed by atoms with Gasteiger partial charge in [0.2, 0.25) is 0 Å².